The average molecular weight is 273 g/mol. The normalized spacial score (nSPS) is 12.1. The van der Waals surface area contributed by atoms with Gasteiger partial charge in [-0.1, -0.05) is 12.1 Å². The zero-order chi connectivity index (χ0) is 14.4. The molecule has 0 saturated carbocycles. The number of ether oxygens (including phenoxy) is 1. The Morgan fingerprint density at radius 1 is 1.45 bits per heavy atom. The highest BCUT2D eigenvalue weighted by atomic mass is 16.5. The lowest BCUT2D eigenvalue weighted by Crippen LogP contribution is -2.30. The molecule has 0 aliphatic rings. The van der Waals surface area contributed by atoms with E-state index < -0.39 is 0 Å². The predicted octanol–water partition coefficient (Wildman–Crippen LogP) is 2.09. The van der Waals surface area contributed by atoms with Gasteiger partial charge < -0.3 is 10.1 Å². The molecule has 0 radical (unpaired) electrons. The van der Waals surface area contributed by atoms with Gasteiger partial charge in [0.25, 0.3) is 0 Å². The molecule has 1 heterocycles. The summed E-state index contributed by atoms with van der Waals surface area (Å²) >= 11 is 0. The zero-order valence-electron chi connectivity index (χ0n) is 11.7. The predicted molar refractivity (Wildman–Crippen MR) is 76.6 cm³/mol. The van der Waals surface area contributed by atoms with Crippen molar-refractivity contribution in [2.24, 2.45) is 0 Å². The number of carbonyl (C=O) groups is 1. The van der Waals surface area contributed by atoms with Gasteiger partial charge in [-0.15, -0.1) is 0 Å². The van der Waals surface area contributed by atoms with Crippen molar-refractivity contribution < 1.29 is 9.53 Å². The number of aromatic nitrogens is 2. The molecule has 1 amide bonds. The van der Waals surface area contributed by atoms with Gasteiger partial charge >= 0.3 is 0 Å². The van der Waals surface area contributed by atoms with Gasteiger partial charge in [-0.25, -0.2) is 4.68 Å². The summed E-state index contributed by atoms with van der Waals surface area (Å²) in [5, 5.41) is 7.11. The molecule has 1 aromatic heterocycles. The summed E-state index contributed by atoms with van der Waals surface area (Å²) in [7, 11) is 0. The van der Waals surface area contributed by atoms with E-state index in [1.54, 1.807) is 10.9 Å². The Hall–Kier alpha value is -2.14. The molecular weight excluding hydrogens is 254 g/mol. The quantitative estimate of drug-likeness (QED) is 0.876. The lowest BCUT2D eigenvalue weighted by atomic mass is 10.1. The molecule has 1 N–H and O–H groups in total. The third-order valence-corrected chi connectivity index (χ3v) is 2.95. The first-order chi connectivity index (χ1) is 9.70. The van der Waals surface area contributed by atoms with Crippen LogP contribution in [0.2, 0.25) is 0 Å². The average Bonchev–Trinajstić information content (AvgIpc) is 2.99. The second kappa shape index (κ2) is 6.86. The minimum absolute atomic E-state index is 0.0709. The van der Waals surface area contributed by atoms with Crippen molar-refractivity contribution in [1.29, 1.82) is 0 Å². The van der Waals surface area contributed by atoms with E-state index in [2.05, 4.69) is 10.4 Å². The third-order valence-electron chi connectivity index (χ3n) is 2.95. The van der Waals surface area contributed by atoms with Crippen molar-refractivity contribution in [3.63, 3.8) is 0 Å². The minimum Gasteiger partial charge on any atom is -0.372 e. The fraction of sp³-hybridized carbons (Fsp3) is 0.333. The van der Waals surface area contributed by atoms with Crippen LogP contribution >= 0.6 is 0 Å². The van der Waals surface area contributed by atoms with Gasteiger partial charge in [-0.05, 0) is 37.6 Å². The first-order valence-corrected chi connectivity index (χ1v) is 6.67. The van der Waals surface area contributed by atoms with Gasteiger partial charge in [-0.3, -0.25) is 4.79 Å². The van der Waals surface area contributed by atoms with Gasteiger partial charge in [0.1, 0.15) is 6.61 Å². The lowest BCUT2D eigenvalue weighted by molar-refractivity contribution is -0.126. The van der Waals surface area contributed by atoms with E-state index in [0.717, 1.165) is 11.3 Å². The summed E-state index contributed by atoms with van der Waals surface area (Å²) in [6, 6.07) is 9.73. The Morgan fingerprint density at radius 3 is 3.00 bits per heavy atom. The first-order valence-electron chi connectivity index (χ1n) is 6.67. The number of benzene rings is 1. The number of hydrogen-bond donors (Lipinski definition) is 1. The summed E-state index contributed by atoms with van der Waals surface area (Å²) in [6.45, 7) is 4.45. The number of hydrogen-bond acceptors (Lipinski definition) is 3. The van der Waals surface area contributed by atoms with Crippen LogP contribution in [0.25, 0.3) is 5.69 Å². The molecule has 20 heavy (non-hydrogen) atoms. The fourth-order valence-electron chi connectivity index (χ4n) is 1.92. The Morgan fingerprint density at radius 2 is 2.30 bits per heavy atom. The molecule has 0 fully saturated rings. The van der Waals surface area contributed by atoms with Crippen LogP contribution < -0.4 is 5.32 Å². The molecule has 5 heteroatoms. The van der Waals surface area contributed by atoms with Crippen LogP contribution in [0.5, 0.6) is 0 Å². The Bertz CT molecular complexity index is 552. The van der Waals surface area contributed by atoms with E-state index in [4.69, 9.17) is 4.74 Å². The van der Waals surface area contributed by atoms with E-state index in [0.29, 0.717) is 6.61 Å². The SMILES string of the molecule is CCOCC(=O)N[C@H](C)c1cccc(-n2cccn2)c1. The van der Waals surface area contributed by atoms with Crippen LogP contribution in [0.1, 0.15) is 25.5 Å². The maximum atomic E-state index is 11.6. The number of carbonyl (C=O) groups excluding carboxylic acids is 1. The van der Waals surface area contributed by atoms with Crippen LogP contribution in [-0.2, 0) is 9.53 Å². The largest absolute Gasteiger partial charge is 0.372 e. The monoisotopic (exact) mass is 273 g/mol. The van der Waals surface area contributed by atoms with Gasteiger partial charge in [-0.2, -0.15) is 5.10 Å². The van der Waals surface area contributed by atoms with E-state index in [1.165, 1.54) is 0 Å². The molecule has 0 bridgehead atoms. The molecule has 0 aliphatic carbocycles. The van der Waals surface area contributed by atoms with Crippen LogP contribution in [-0.4, -0.2) is 28.9 Å². The number of nitrogens with zero attached hydrogens (tertiary/aromatic N) is 2. The smallest absolute Gasteiger partial charge is 0.246 e. The molecule has 106 valence electrons. The summed E-state index contributed by atoms with van der Waals surface area (Å²) in [6.07, 6.45) is 3.62. The van der Waals surface area contributed by atoms with E-state index in [-0.39, 0.29) is 18.6 Å². The van der Waals surface area contributed by atoms with Crippen molar-refractivity contribution in [3.8, 4) is 5.69 Å². The zero-order valence-corrected chi connectivity index (χ0v) is 11.7. The summed E-state index contributed by atoms with van der Waals surface area (Å²) < 4.78 is 6.88. The standard InChI is InChI=1S/C15H19N3O2/c1-3-20-11-15(19)17-12(2)13-6-4-7-14(10-13)18-9-5-8-16-18/h4-10,12H,3,11H2,1-2H3,(H,17,19)/t12-/m1/s1. The molecule has 0 aliphatic heterocycles. The van der Waals surface area contributed by atoms with Crippen molar-refractivity contribution >= 4 is 5.91 Å². The molecule has 0 spiro atoms. The fourth-order valence-corrected chi connectivity index (χ4v) is 1.92. The highest BCUT2D eigenvalue weighted by Crippen LogP contribution is 2.16. The van der Waals surface area contributed by atoms with Crippen LogP contribution in [0, 0.1) is 0 Å². The summed E-state index contributed by atoms with van der Waals surface area (Å²) in [4.78, 5) is 11.6. The molecule has 1 atom stereocenters. The van der Waals surface area contributed by atoms with Crippen LogP contribution in [0.4, 0.5) is 0 Å². The molecule has 0 unspecified atom stereocenters. The Labute approximate surface area is 118 Å². The Kier molecular flexibility index (Phi) is 4.90. The van der Waals surface area contributed by atoms with Crippen molar-refractivity contribution in [2.45, 2.75) is 19.9 Å². The second-order valence-corrected chi connectivity index (χ2v) is 4.47. The second-order valence-electron chi connectivity index (χ2n) is 4.47. The Balaban J connectivity index is 2.05. The summed E-state index contributed by atoms with van der Waals surface area (Å²) in [5.74, 6) is -0.108. The highest BCUT2D eigenvalue weighted by Gasteiger charge is 2.10. The molecule has 2 rings (SSSR count). The van der Waals surface area contributed by atoms with Gasteiger partial charge in [0.05, 0.1) is 11.7 Å². The first kappa shape index (κ1) is 14.3. The molecule has 0 saturated heterocycles. The number of nitrogens with one attached hydrogen (secondary N) is 1. The van der Waals surface area contributed by atoms with E-state index in [9.17, 15) is 4.79 Å². The number of rotatable bonds is 6. The van der Waals surface area contributed by atoms with Crippen LogP contribution in [0.3, 0.4) is 0 Å². The third kappa shape index (κ3) is 3.68. The van der Waals surface area contributed by atoms with Crippen molar-refractivity contribution in [3.05, 3.63) is 48.3 Å². The minimum atomic E-state index is -0.108. The lowest BCUT2D eigenvalue weighted by Gasteiger charge is -2.15. The van der Waals surface area contributed by atoms with Crippen molar-refractivity contribution in [1.82, 2.24) is 15.1 Å². The summed E-state index contributed by atoms with van der Waals surface area (Å²) in [5.41, 5.74) is 2.00. The molecule has 1 aromatic carbocycles. The van der Waals surface area contributed by atoms with E-state index in [1.807, 2.05) is 50.4 Å². The molecule has 5 nitrogen and oxygen atoms in total. The molecule has 2 aromatic rings. The van der Waals surface area contributed by atoms with Crippen molar-refractivity contribution in [2.75, 3.05) is 13.2 Å². The van der Waals surface area contributed by atoms with Gasteiger partial charge in [0.2, 0.25) is 5.91 Å². The maximum Gasteiger partial charge on any atom is 0.246 e. The number of amides is 1. The van der Waals surface area contributed by atoms with Gasteiger partial charge in [0, 0.05) is 19.0 Å². The maximum absolute atomic E-state index is 11.6. The highest BCUT2D eigenvalue weighted by molar-refractivity contribution is 5.77. The van der Waals surface area contributed by atoms with Crippen LogP contribution in [0.15, 0.2) is 42.7 Å². The van der Waals surface area contributed by atoms with Gasteiger partial charge in [0.15, 0.2) is 0 Å². The molecular formula is C15H19N3O2. The van der Waals surface area contributed by atoms with E-state index >= 15 is 0 Å². The topological polar surface area (TPSA) is 56.1 Å².